The van der Waals surface area contributed by atoms with Crippen molar-refractivity contribution in [3.8, 4) is 5.75 Å². The minimum absolute atomic E-state index is 0.0893. The molecule has 2 heterocycles. The van der Waals surface area contributed by atoms with E-state index in [-0.39, 0.29) is 6.54 Å². The van der Waals surface area contributed by atoms with Gasteiger partial charge in [0.2, 0.25) is 0 Å². The lowest BCUT2D eigenvalue weighted by atomic mass is 9.97. The maximum Gasteiger partial charge on any atom is 0.325 e. The number of methoxy groups -OCH3 is 1. The van der Waals surface area contributed by atoms with Crippen LogP contribution in [-0.4, -0.2) is 28.9 Å². The second-order valence-electron chi connectivity index (χ2n) is 5.62. The number of nitrogens with zero attached hydrogens (tertiary/aromatic N) is 2. The van der Waals surface area contributed by atoms with Crippen LogP contribution in [0.2, 0.25) is 0 Å². The number of nitrogens with one attached hydrogen (secondary N) is 1. The molecule has 1 aliphatic heterocycles. The number of benzene rings is 1. The Morgan fingerprint density at radius 1 is 1.29 bits per heavy atom. The molecule has 24 heavy (non-hydrogen) atoms. The van der Waals surface area contributed by atoms with Gasteiger partial charge in [0.05, 0.1) is 19.3 Å². The van der Waals surface area contributed by atoms with Crippen molar-refractivity contribution in [2.24, 2.45) is 0 Å². The first-order valence-corrected chi connectivity index (χ1v) is 7.34. The fourth-order valence-corrected chi connectivity index (χ4v) is 2.71. The molecule has 6 nitrogen and oxygen atoms in total. The number of rotatable bonds is 4. The molecule has 1 N–H and O–H groups in total. The number of ether oxygens (including phenoxy) is 1. The van der Waals surface area contributed by atoms with Gasteiger partial charge >= 0.3 is 6.03 Å². The average Bonchev–Trinajstić information content (AvgIpc) is 2.80. The third-order valence-electron chi connectivity index (χ3n) is 4.02. The van der Waals surface area contributed by atoms with Gasteiger partial charge in [0.1, 0.15) is 11.6 Å². The summed E-state index contributed by atoms with van der Waals surface area (Å²) in [6.07, 6.45) is 1.55. The summed E-state index contributed by atoms with van der Waals surface area (Å²) in [5.74, 6) is -0.508. The Labute approximate surface area is 138 Å². The van der Waals surface area contributed by atoms with Crippen molar-refractivity contribution in [1.29, 1.82) is 0 Å². The van der Waals surface area contributed by atoms with Crippen LogP contribution in [0.1, 0.15) is 18.2 Å². The SMILES string of the molecule is COc1ccc(F)cc1CN1C(=O)N[C@@](C)(c2ccccn2)C1=O. The summed E-state index contributed by atoms with van der Waals surface area (Å²) < 4.78 is 18.7. The highest BCUT2D eigenvalue weighted by Gasteiger charge is 2.50. The van der Waals surface area contributed by atoms with Gasteiger partial charge in [0, 0.05) is 11.8 Å². The Balaban J connectivity index is 1.92. The summed E-state index contributed by atoms with van der Waals surface area (Å²) in [5.41, 5.74) is -0.401. The highest BCUT2D eigenvalue weighted by Crippen LogP contribution is 2.30. The number of amides is 3. The van der Waals surface area contributed by atoms with Crippen LogP contribution in [0.4, 0.5) is 9.18 Å². The maximum atomic E-state index is 13.5. The van der Waals surface area contributed by atoms with Gasteiger partial charge in [0.15, 0.2) is 5.54 Å². The van der Waals surface area contributed by atoms with E-state index in [2.05, 4.69) is 10.3 Å². The monoisotopic (exact) mass is 329 g/mol. The quantitative estimate of drug-likeness (QED) is 0.873. The molecule has 0 unspecified atom stereocenters. The van der Waals surface area contributed by atoms with Crippen molar-refractivity contribution in [2.45, 2.75) is 19.0 Å². The van der Waals surface area contributed by atoms with Gasteiger partial charge in [-0.2, -0.15) is 0 Å². The van der Waals surface area contributed by atoms with E-state index in [1.165, 1.54) is 25.3 Å². The predicted octanol–water partition coefficient (Wildman–Crippen LogP) is 2.20. The number of hydrogen-bond acceptors (Lipinski definition) is 4. The fraction of sp³-hybridized carbons (Fsp3) is 0.235. The largest absolute Gasteiger partial charge is 0.496 e. The Morgan fingerprint density at radius 2 is 2.08 bits per heavy atom. The Bertz CT molecular complexity index is 797. The zero-order valence-corrected chi connectivity index (χ0v) is 13.2. The van der Waals surface area contributed by atoms with E-state index in [1.807, 2.05) is 0 Å². The number of carbonyl (C=O) groups is 2. The van der Waals surface area contributed by atoms with Crippen LogP contribution in [-0.2, 0) is 16.9 Å². The van der Waals surface area contributed by atoms with E-state index in [4.69, 9.17) is 4.74 Å². The fourth-order valence-electron chi connectivity index (χ4n) is 2.71. The smallest absolute Gasteiger partial charge is 0.325 e. The number of carbonyl (C=O) groups excluding carboxylic acids is 2. The third-order valence-corrected chi connectivity index (χ3v) is 4.02. The molecular weight excluding hydrogens is 313 g/mol. The van der Waals surface area contributed by atoms with Gasteiger partial charge in [-0.3, -0.25) is 14.7 Å². The molecule has 7 heteroatoms. The van der Waals surface area contributed by atoms with E-state index in [1.54, 1.807) is 31.3 Å². The van der Waals surface area contributed by atoms with Gasteiger partial charge in [-0.1, -0.05) is 6.07 Å². The standard InChI is InChI=1S/C17H16FN3O3/c1-17(14-5-3-4-8-19-14)15(22)21(16(23)20-17)10-11-9-12(18)6-7-13(11)24-2/h3-9H,10H2,1-2H3,(H,20,23)/t17-/m0/s1. The molecule has 1 atom stereocenters. The first-order chi connectivity index (χ1) is 11.5. The number of urea groups is 1. The first kappa shape index (κ1) is 15.9. The summed E-state index contributed by atoms with van der Waals surface area (Å²) in [7, 11) is 1.45. The molecule has 0 radical (unpaired) electrons. The van der Waals surface area contributed by atoms with Crippen LogP contribution >= 0.6 is 0 Å². The molecule has 1 aromatic heterocycles. The van der Waals surface area contributed by atoms with Gasteiger partial charge in [0.25, 0.3) is 5.91 Å². The molecule has 3 amide bonds. The number of halogens is 1. The molecule has 0 aliphatic carbocycles. The van der Waals surface area contributed by atoms with Gasteiger partial charge in [-0.25, -0.2) is 9.18 Å². The Kier molecular flexibility index (Phi) is 3.92. The summed E-state index contributed by atoms with van der Waals surface area (Å²) in [6.45, 7) is 1.51. The molecular formula is C17H16FN3O3. The topological polar surface area (TPSA) is 71.5 Å². The molecule has 0 spiro atoms. The summed E-state index contributed by atoms with van der Waals surface area (Å²) in [6, 6.07) is 8.54. The highest BCUT2D eigenvalue weighted by molar-refractivity contribution is 6.06. The predicted molar refractivity (Wildman–Crippen MR) is 83.6 cm³/mol. The zero-order valence-electron chi connectivity index (χ0n) is 13.2. The number of imide groups is 1. The summed E-state index contributed by atoms with van der Waals surface area (Å²) in [5, 5.41) is 2.66. The van der Waals surface area contributed by atoms with Crippen molar-refractivity contribution < 1.29 is 18.7 Å². The number of hydrogen-bond donors (Lipinski definition) is 1. The van der Waals surface area contributed by atoms with Crippen molar-refractivity contribution >= 4 is 11.9 Å². The van der Waals surface area contributed by atoms with Gasteiger partial charge in [-0.05, 0) is 37.3 Å². The minimum Gasteiger partial charge on any atom is -0.496 e. The third kappa shape index (κ3) is 2.58. The maximum absolute atomic E-state index is 13.5. The molecule has 1 saturated heterocycles. The lowest BCUT2D eigenvalue weighted by Gasteiger charge is -2.21. The summed E-state index contributed by atoms with van der Waals surface area (Å²) in [4.78, 5) is 30.3. The molecule has 3 rings (SSSR count). The Hall–Kier alpha value is -2.96. The van der Waals surface area contributed by atoms with Gasteiger partial charge in [-0.15, -0.1) is 0 Å². The average molecular weight is 329 g/mol. The van der Waals surface area contributed by atoms with Crippen LogP contribution in [0.3, 0.4) is 0 Å². The lowest BCUT2D eigenvalue weighted by molar-refractivity contribution is -0.131. The van der Waals surface area contributed by atoms with E-state index in [0.29, 0.717) is 17.0 Å². The van der Waals surface area contributed by atoms with Gasteiger partial charge < -0.3 is 10.1 Å². The van der Waals surface area contributed by atoms with E-state index < -0.39 is 23.3 Å². The van der Waals surface area contributed by atoms with Crippen LogP contribution in [0.5, 0.6) is 5.75 Å². The second-order valence-corrected chi connectivity index (χ2v) is 5.62. The molecule has 0 bridgehead atoms. The molecule has 0 saturated carbocycles. The lowest BCUT2D eigenvalue weighted by Crippen LogP contribution is -2.41. The normalized spacial score (nSPS) is 20.2. The summed E-state index contributed by atoms with van der Waals surface area (Å²) >= 11 is 0. The zero-order chi connectivity index (χ0) is 17.3. The van der Waals surface area contributed by atoms with E-state index in [9.17, 15) is 14.0 Å². The van der Waals surface area contributed by atoms with Crippen LogP contribution in [0, 0.1) is 5.82 Å². The molecule has 1 aliphatic rings. The van der Waals surface area contributed by atoms with Crippen LogP contribution < -0.4 is 10.1 Å². The van der Waals surface area contributed by atoms with Crippen molar-refractivity contribution in [3.05, 3.63) is 59.7 Å². The van der Waals surface area contributed by atoms with E-state index in [0.717, 1.165) is 4.90 Å². The van der Waals surface area contributed by atoms with E-state index >= 15 is 0 Å². The highest BCUT2D eigenvalue weighted by atomic mass is 19.1. The molecule has 124 valence electrons. The van der Waals surface area contributed by atoms with Crippen LogP contribution in [0.25, 0.3) is 0 Å². The number of aromatic nitrogens is 1. The minimum atomic E-state index is -1.25. The van der Waals surface area contributed by atoms with Crippen molar-refractivity contribution in [3.63, 3.8) is 0 Å². The van der Waals surface area contributed by atoms with Crippen LogP contribution in [0.15, 0.2) is 42.6 Å². The molecule has 1 fully saturated rings. The molecule has 2 aromatic rings. The second kappa shape index (κ2) is 5.92. The van der Waals surface area contributed by atoms with Crippen molar-refractivity contribution in [1.82, 2.24) is 15.2 Å². The number of pyridine rings is 1. The first-order valence-electron chi connectivity index (χ1n) is 7.34. The molecule has 1 aromatic carbocycles. The van der Waals surface area contributed by atoms with Crippen molar-refractivity contribution in [2.75, 3.05) is 7.11 Å². The Morgan fingerprint density at radius 3 is 2.75 bits per heavy atom.